The Kier molecular flexibility index (Phi) is 6.14. The monoisotopic (exact) mass is 313 g/mol. The quantitative estimate of drug-likeness (QED) is 0.578. The van der Waals surface area contributed by atoms with E-state index < -0.39 is 0 Å². The van der Waals surface area contributed by atoms with Crippen LogP contribution >= 0.6 is 31.9 Å². The maximum atomic E-state index is 8.63. The van der Waals surface area contributed by atoms with E-state index in [2.05, 4.69) is 37.9 Å². The third-order valence-corrected chi connectivity index (χ3v) is 2.86. The van der Waals surface area contributed by atoms with Crippen molar-refractivity contribution in [2.24, 2.45) is 0 Å². The van der Waals surface area contributed by atoms with Crippen LogP contribution in [0.4, 0.5) is 0 Å². The van der Waals surface area contributed by atoms with E-state index >= 15 is 0 Å². The second kappa shape index (κ2) is 5.97. The highest BCUT2D eigenvalue weighted by Gasteiger charge is 2.34. The zero-order valence-electron chi connectivity index (χ0n) is 7.88. The van der Waals surface area contributed by atoms with E-state index in [4.69, 9.17) is 14.7 Å². The molecule has 0 heterocycles. The van der Waals surface area contributed by atoms with Gasteiger partial charge in [-0.15, -0.1) is 0 Å². The summed E-state index contributed by atoms with van der Waals surface area (Å²) in [5.74, 6) is 0. The van der Waals surface area contributed by atoms with Crippen LogP contribution in [0, 0.1) is 11.3 Å². The molecule has 13 heavy (non-hydrogen) atoms. The predicted octanol–water partition coefficient (Wildman–Crippen LogP) is 2.44. The molecule has 0 amide bonds. The van der Waals surface area contributed by atoms with Crippen LogP contribution < -0.4 is 0 Å². The van der Waals surface area contributed by atoms with Crippen molar-refractivity contribution in [3.8, 4) is 6.07 Å². The first kappa shape index (κ1) is 13.4. The molecule has 0 spiro atoms. The van der Waals surface area contributed by atoms with Crippen LogP contribution in [-0.4, -0.2) is 29.7 Å². The van der Waals surface area contributed by atoms with Crippen LogP contribution in [0.2, 0.25) is 0 Å². The summed E-state index contributed by atoms with van der Waals surface area (Å²) in [4.78, 5) is -0.204. The van der Waals surface area contributed by atoms with Crippen molar-refractivity contribution < 1.29 is 9.47 Å². The van der Waals surface area contributed by atoms with E-state index in [1.54, 1.807) is 14.2 Å². The van der Waals surface area contributed by atoms with Crippen LogP contribution in [-0.2, 0) is 9.47 Å². The molecule has 0 N–H and O–H groups in total. The van der Waals surface area contributed by atoms with Crippen LogP contribution in [0.1, 0.15) is 13.3 Å². The van der Waals surface area contributed by atoms with Crippen LogP contribution in [0.5, 0.6) is 0 Å². The fourth-order valence-corrected chi connectivity index (χ4v) is 2.88. The second-order valence-electron chi connectivity index (χ2n) is 2.88. The molecule has 0 aromatic rings. The minimum atomic E-state index is -0.361. The lowest BCUT2D eigenvalue weighted by molar-refractivity contribution is -0.121. The molecule has 76 valence electrons. The van der Waals surface area contributed by atoms with E-state index in [1.165, 1.54) is 0 Å². The number of methoxy groups -OCH3 is 2. The molecule has 0 radical (unpaired) electrons. The van der Waals surface area contributed by atoms with Gasteiger partial charge in [-0.2, -0.15) is 5.26 Å². The van der Waals surface area contributed by atoms with Gasteiger partial charge in [-0.25, -0.2) is 0 Å². The number of ether oxygens (including phenoxy) is 2. The Morgan fingerprint density at radius 2 is 1.92 bits per heavy atom. The highest BCUT2D eigenvalue weighted by molar-refractivity contribution is 9.10. The number of hydrogen-bond donors (Lipinski definition) is 0. The molecular weight excluding hydrogens is 302 g/mol. The van der Waals surface area contributed by atoms with Crippen molar-refractivity contribution in [3.05, 3.63) is 0 Å². The molecular formula is C8H13Br2NO2. The van der Waals surface area contributed by atoms with Crippen LogP contribution in [0.25, 0.3) is 0 Å². The molecule has 2 atom stereocenters. The minimum absolute atomic E-state index is 0.204. The van der Waals surface area contributed by atoms with E-state index in [0.717, 1.165) is 0 Å². The third-order valence-electron chi connectivity index (χ3n) is 1.64. The van der Waals surface area contributed by atoms with Crippen molar-refractivity contribution in [1.29, 1.82) is 5.26 Å². The zero-order chi connectivity index (χ0) is 10.5. The summed E-state index contributed by atoms with van der Waals surface area (Å²) < 4.78 is 9.86. The van der Waals surface area contributed by atoms with Crippen LogP contribution in [0.3, 0.4) is 0 Å². The van der Waals surface area contributed by atoms with Gasteiger partial charge in [0.25, 0.3) is 0 Å². The molecule has 0 saturated carbocycles. The summed E-state index contributed by atoms with van der Waals surface area (Å²) in [7, 11) is 3.15. The number of nitrogens with zero attached hydrogens (tertiary/aromatic N) is 1. The second-order valence-corrected chi connectivity index (χ2v) is 5.80. The number of hydrogen-bond acceptors (Lipinski definition) is 3. The van der Waals surface area contributed by atoms with Crippen molar-refractivity contribution in [2.45, 2.75) is 28.8 Å². The standard InChI is InChI=1S/C8H13Br2NO2/c1-8(10,4-6(9)5-11)7(12-2)13-3/h6-7H,4H2,1-3H3. The van der Waals surface area contributed by atoms with E-state index in [1.807, 2.05) is 6.92 Å². The number of alkyl halides is 2. The first-order chi connectivity index (χ1) is 5.97. The molecule has 5 heteroatoms. The molecule has 0 rings (SSSR count). The van der Waals surface area contributed by atoms with Gasteiger partial charge in [0.15, 0.2) is 6.29 Å². The van der Waals surface area contributed by atoms with Crippen LogP contribution in [0.15, 0.2) is 0 Å². The highest BCUT2D eigenvalue weighted by Crippen LogP contribution is 2.31. The molecule has 0 saturated heterocycles. The Morgan fingerprint density at radius 3 is 2.23 bits per heavy atom. The maximum absolute atomic E-state index is 8.63. The first-order valence-corrected chi connectivity index (χ1v) is 5.47. The average Bonchev–Trinajstić information content (AvgIpc) is 2.05. The minimum Gasteiger partial charge on any atom is -0.354 e. The van der Waals surface area contributed by atoms with Gasteiger partial charge in [0, 0.05) is 14.2 Å². The summed E-state index contributed by atoms with van der Waals surface area (Å²) in [5.41, 5.74) is 0. The normalized spacial score (nSPS) is 17.9. The van der Waals surface area contributed by atoms with Gasteiger partial charge < -0.3 is 9.47 Å². The molecule has 0 aliphatic carbocycles. The lowest BCUT2D eigenvalue weighted by Gasteiger charge is -2.30. The Bertz CT molecular complexity index is 187. The summed E-state index contributed by atoms with van der Waals surface area (Å²) in [6, 6.07) is 2.10. The van der Waals surface area contributed by atoms with Gasteiger partial charge in [-0.3, -0.25) is 0 Å². The SMILES string of the molecule is COC(OC)C(C)(Br)CC(Br)C#N. The largest absolute Gasteiger partial charge is 0.354 e. The molecule has 0 fully saturated rings. The Morgan fingerprint density at radius 1 is 1.46 bits per heavy atom. The van der Waals surface area contributed by atoms with E-state index in [9.17, 15) is 0 Å². The van der Waals surface area contributed by atoms with E-state index in [-0.39, 0.29) is 15.4 Å². The summed E-state index contributed by atoms with van der Waals surface area (Å²) in [6.07, 6.45) is 0.247. The first-order valence-electron chi connectivity index (χ1n) is 3.76. The molecule has 0 bridgehead atoms. The average molecular weight is 315 g/mol. The third kappa shape index (κ3) is 4.41. The highest BCUT2D eigenvalue weighted by atomic mass is 79.9. The molecule has 0 aromatic carbocycles. The van der Waals surface area contributed by atoms with Crippen molar-refractivity contribution in [3.63, 3.8) is 0 Å². The Labute approximate surface area is 95.6 Å². The molecule has 0 aliphatic heterocycles. The smallest absolute Gasteiger partial charge is 0.171 e. The van der Waals surface area contributed by atoms with Crippen molar-refractivity contribution in [2.75, 3.05) is 14.2 Å². The van der Waals surface area contributed by atoms with Gasteiger partial charge in [0.1, 0.15) is 4.83 Å². The van der Waals surface area contributed by atoms with Crippen molar-refractivity contribution in [1.82, 2.24) is 0 Å². The van der Waals surface area contributed by atoms with Gasteiger partial charge in [-0.1, -0.05) is 31.9 Å². The van der Waals surface area contributed by atoms with Gasteiger partial charge >= 0.3 is 0 Å². The zero-order valence-corrected chi connectivity index (χ0v) is 11.1. The molecule has 0 aromatic heterocycles. The topological polar surface area (TPSA) is 42.2 Å². The fraction of sp³-hybridized carbons (Fsp3) is 0.875. The fourth-order valence-electron chi connectivity index (χ4n) is 1.08. The molecule has 2 unspecified atom stereocenters. The van der Waals surface area contributed by atoms with Gasteiger partial charge in [0.2, 0.25) is 0 Å². The lowest BCUT2D eigenvalue weighted by atomic mass is 10.1. The summed E-state index contributed by atoms with van der Waals surface area (Å²) in [5, 5.41) is 8.63. The van der Waals surface area contributed by atoms with Gasteiger partial charge in [-0.05, 0) is 13.3 Å². The molecule has 0 aliphatic rings. The number of nitriles is 1. The van der Waals surface area contributed by atoms with Crippen molar-refractivity contribution >= 4 is 31.9 Å². The number of halogens is 2. The van der Waals surface area contributed by atoms with Gasteiger partial charge in [0.05, 0.1) is 10.4 Å². The van der Waals surface area contributed by atoms with E-state index in [0.29, 0.717) is 6.42 Å². The predicted molar refractivity (Wildman–Crippen MR) is 58.1 cm³/mol. The Hall–Kier alpha value is 0.370. The Balaban J connectivity index is 4.28. The number of rotatable bonds is 5. The summed E-state index contributed by atoms with van der Waals surface area (Å²) >= 11 is 6.72. The lowest BCUT2D eigenvalue weighted by Crippen LogP contribution is -2.38. The maximum Gasteiger partial charge on any atom is 0.171 e. The summed E-state index contributed by atoms with van der Waals surface area (Å²) in [6.45, 7) is 1.93. The molecule has 3 nitrogen and oxygen atoms in total.